The van der Waals surface area contributed by atoms with Crippen LogP contribution in [-0.2, 0) is 24.8 Å². The Hall–Kier alpha value is -3.19. The van der Waals surface area contributed by atoms with Gasteiger partial charge >= 0.3 is 0 Å². The van der Waals surface area contributed by atoms with E-state index in [4.69, 9.17) is 4.74 Å². The summed E-state index contributed by atoms with van der Waals surface area (Å²) in [6.07, 6.45) is 4.03. The third kappa shape index (κ3) is 4.94. The van der Waals surface area contributed by atoms with Gasteiger partial charge in [0, 0.05) is 57.7 Å². The normalized spacial score (nSPS) is 14.6. The minimum atomic E-state index is 0.184. The Morgan fingerprint density at radius 1 is 1.13 bits per heavy atom. The molecular weight excluding hydrogens is 390 g/mol. The van der Waals surface area contributed by atoms with E-state index < -0.39 is 0 Å². The summed E-state index contributed by atoms with van der Waals surface area (Å²) < 4.78 is 7.24. The average molecular weight is 420 g/mol. The highest BCUT2D eigenvalue weighted by Crippen LogP contribution is 2.20. The number of methoxy groups -OCH3 is 1. The summed E-state index contributed by atoms with van der Waals surface area (Å²) in [7, 11) is 3.64. The molecule has 4 rings (SSSR count). The number of benzene rings is 1. The quantitative estimate of drug-likeness (QED) is 0.615. The molecule has 3 aromatic rings. The van der Waals surface area contributed by atoms with Crippen LogP contribution in [0.1, 0.15) is 16.8 Å². The van der Waals surface area contributed by atoms with Crippen LogP contribution in [0, 0.1) is 6.92 Å². The van der Waals surface area contributed by atoms with Crippen molar-refractivity contribution in [3.05, 3.63) is 65.6 Å². The number of aryl methyl sites for hydroxylation is 2. The lowest BCUT2D eigenvalue weighted by molar-refractivity contribution is -0.132. The van der Waals surface area contributed by atoms with Crippen molar-refractivity contribution in [3.63, 3.8) is 0 Å². The van der Waals surface area contributed by atoms with E-state index in [1.807, 2.05) is 60.1 Å². The molecule has 1 aliphatic heterocycles. The zero-order chi connectivity index (χ0) is 21.8. The van der Waals surface area contributed by atoms with Crippen molar-refractivity contribution in [2.45, 2.75) is 19.9 Å². The van der Waals surface area contributed by atoms with Gasteiger partial charge in [-0.15, -0.1) is 0 Å². The zero-order valence-electron chi connectivity index (χ0n) is 18.4. The molecule has 0 N–H and O–H groups in total. The molecule has 162 valence electrons. The number of aromatic nitrogens is 3. The highest BCUT2D eigenvalue weighted by molar-refractivity contribution is 5.79. The van der Waals surface area contributed by atoms with Crippen LogP contribution in [0.15, 0.2) is 48.8 Å². The first-order valence-electron chi connectivity index (χ1n) is 10.6. The van der Waals surface area contributed by atoms with Crippen LogP contribution in [0.25, 0.3) is 11.3 Å². The van der Waals surface area contributed by atoms with E-state index in [-0.39, 0.29) is 5.91 Å². The molecule has 7 heteroatoms. The molecule has 3 heterocycles. The van der Waals surface area contributed by atoms with Gasteiger partial charge in [0.25, 0.3) is 0 Å². The maximum Gasteiger partial charge on any atom is 0.227 e. The van der Waals surface area contributed by atoms with Crippen LogP contribution in [0.2, 0.25) is 0 Å². The fourth-order valence-electron chi connectivity index (χ4n) is 4.03. The first kappa shape index (κ1) is 21.1. The van der Waals surface area contributed by atoms with Gasteiger partial charge in [-0.3, -0.25) is 19.4 Å². The number of piperazine rings is 1. The standard InChI is InChI=1S/C24H29N5O2/c1-18-13-19(6-7-23(18)31-3)14-24(30)29-11-9-28(10-12-29)17-21-15-22(26-27(21)2)20-5-4-8-25-16-20/h4-8,13,15-16H,9-12,14,17H2,1-3H3. The molecule has 0 radical (unpaired) electrons. The van der Waals surface area contributed by atoms with Crippen molar-refractivity contribution in [2.75, 3.05) is 33.3 Å². The summed E-state index contributed by atoms with van der Waals surface area (Å²) in [6.45, 7) is 6.05. The zero-order valence-corrected chi connectivity index (χ0v) is 18.4. The smallest absolute Gasteiger partial charge is 0.227 e. The molecule has 1 fully saturated rings. The van der Waals surface area contributed by atoms with Gasteiger partial charge in [-0.25, -0.2) is 0 Å². The first-order valence-corrected chi connectivity index (χ1v) is 10.6. The van der Waals surface area contributed by atoms with Crippen molar-refractivity contribution < 1.29 is 9.53 Å². The van der Waals surface area contributed by atoms with Crippen LogP contribution in [0.4, 0.5) is 0 Å². The SMILES string of the molecule is COc1ccc(CC(=O)N2CCN(Cc3cc(-c4cccnc4)nn3C)CC2)cc1C. The molecule has 1 saturated heterocycles. The lowest BCUT2D eigenvalue weighted by Crippen LogP contribution is -2.48. The number of amides is 1. The third-order valence-electron chi connectivity index (χ3n) is 5.86. The van der Waals surface area contributed by atoms with E-state index >= 15 is 0 Å². The molecular formula is C24H29N5O2. The fourth-order valence-corrected chi connectivity index (χ4v) is 4.03. The number of carbonyl (C=O) groups excluding carboxylic acids is 1. The van der Waals surface area contributed by atoms with Gasteiger partial charge in [-0.05, 0) is 42.3 Å². The molecule has 1 aliphatic rings. The highest BCUT2D eigenvalue weighted by Gasteiger charge is 2.22. The summed E-state index contributed by atoms with van der Waals surface area (Å²) in [5.41, 5.74) is 5.21. The summed E-state index contributed by atoms with van der Waals surface area (Å²) in [4.78, 5) is 21.3. The van der Waals surface area contributed by atoms with Gasteiger partial charge in [-0.2, -0.15) is 5.10 Å². The molecule has 1 amide bonds. The summed E-state index contributed by atoms with van der Waals surface area (Å²) in [5, 5.41) is 4.63. The van der Waals surface area contributed by atoms with Gasteiger partial charge in [0.2, 0.25) is 5.91 Å². The Bertz CT molecular complexity index is 1040. The Morgan fingerprint density at radius 3 is 2.61 bits per heavy atom. The maximum absolute atomic E-state index is 12.8. The number of pyridine rings is 1. The van der Waals surface area contributed by atoms with Crippen molar-refractivity contribution in [1.29, 1.82) is 0 Å². The molecule has 0 spiro atoms. The van der Waals surface area contributed by atoms with Crippen molar-refractivity contribution in [3.8, 4) is 17.0 Å². The number of carbonyl (C=O) groups is 1. The maximum atomic E-state index is 12.8. The number of nitrogens with zero attached hydrogens (tertiary/aromatic N) is 5. The summed E-state index contributed by atoms with van der Waals surface area (Å²) in [6, 6.07) is 12.0. The van der Waals surface area contributed by atoms with E-state index in [0.717, 1.165) is 66.6 Å². The van der Waals surface area contributed by atoms with E-state index in [1.54, 1.807) is 13.3 Å². The van der Waals surface area contributed by atoms with E-state index in [9.17, 15) is 4.79 Å². The van der Waals surface area contributed by atoms with E-state index in [0.29, 0.717) is 6.42 Å². The molecule has 1 aromatic carbocycles. The number of hydrogen-bond acceptors (Lipinski definition) is 5. The molecule has 2 aromatic heterocycles. The third-order valence-corrected chi connectivity index (χ3v) is 5.86. The molecule has 31 heavy (non-hydrogen) atoms. The second-order valence-electron chi connectivity index (χ2n) is 8.02. The Labute approximate surface area is 183 Å². The molecule has 0 bridgehead atoms. The van der Waals surface area contributed by atoms with Gasteiger partial charge in [0.15, 0.2) is 0 Å². The minimum Gasteiger partial charge on any atom is -0.496 e. The van der Waals surface area contributed by atoms with Crippen LogP contribution < -0.4 is 4.74 Å². The van der Waals surface area contributed by atoms with Crippen LogP contribution in [0.3, 0.4) is 0 Å². The monoisotopic (exact) mass is 419 g/mol. The molecule has 0 unspecified atom stereocenters. The molecule has 0 saturated carbocycles. The minimum absolute atomic E-state index is 0.184. The predicted molar refractivity (Wildman–Crippen MR) is 120 cm³/mol. The van der Waals surface area contributed by atoms with Crippen molar-refractivity contribution >= 4 is 5.91 Å². The molecule has 0 aliphatic carbocycles. The average Bonchev–Trinajstić information content (AvgIpc) is 3.15. The van der Waals surface area contributed by atoms with Crippen LogP contribution in [-0.4, -0.2) is 63.8 Å². The Morgan fingerprint density at radius 2 is 1.94 bits per heavy atom. The molecule has 7 nitrogen and oxygen atoms in total. The summed E-state index contributed by atoms with van der Waals surface area (Å²) >= 11 is 0. The highest BCUT2D eigenvalue weighted by atomic mass is 16.5. The van der Waals surface area contributed by atoms with Crippen LogP contribution >= 0.6 is 0 Å². The number of rotatable bonds is 6. The fraction of sp³-hybridized carbons (Fsp3) is 0.375. The van der Waals surface area contributed by atoms with Gasteiger partial charge < -0.3 is 9.64 Å². The van der Waals surface area contributed by atoms with Gasteiger partial charge in [0.1, 0.15) is 5.75 Å². The second-order valence-corrected chi connectivity index (χ2v) is 8.02. The van der Waals surface area contributed by atoms with Crippen LogP contribution in [0.5, 0.6) is 5.75 Å². The Balaban J connectivity index is 1.31. The van der Waals surface area contributed by atoms with E-state index in [2.05, 4.69) is 21.0 Å². The Kier molecular flexibility index (Phi) is 6.32. The topological polar surface area (TPSA) is 63.5 Å². The van der Waals surface area contributed by atoms with Crippen molar-refractivity contribution in [1.82, 2.24) is 24.6 Å². The first-order chi connectivity index (χ1) is 15.0. The number of hydrogen-bond donors (Lipinski definition) is 0. The van der Waals surface area contributed by atoms with E-state index in [1.165, 1.54) is 0 Å². The van der Waals surface area contributed by atoms with Gasteiger partial charge in [-0.1, -0.05) is 12.1 Å². The van der Waals surface area contributed by atoms with Gasteiger partial charge in [0.05, 0.1) is 24.9 Å². The lowest BCUT2D eigenvalue weighted by atomic mass is 10.1. The predicted octanol–water partition coefficient (Wildman–Crippen LogP) is 2.69. The summed E-state index contributed by atoms with van der Waals surface area (Å²) in [5.74, 6) is 1.04. The number of ether oxygens (including phenoxy) is 1. The lowest BCUT2D eigenvalue weighted by Gasteiger charge is -2.34. The second kappa shape index (κ2) is 9.31. The largest absolute Gasteiger partial charge is 0.496 e. The molecule has 0 atom stereocenters. The van der Waals surface area contributed by atoms with Crippen molar-refractivity contribution in [2.24, 2.45) is 7.05 Å².